The Hall–Kier alpha value is -3.46. The minimum atomic E-state index is -0.536. The Kier molecular flexibility index (Phi) is 6.18. The van der Waals surface area contributed by atoms with E-state index < -0.39 is 11.8 Å². The van der Waals surface area contributed by atoms with E-state index in [1.807, 2.05) is 24.3 Å². The van der Waals surface area contributed by atoms with Gasteiger partial charge in [-0.2, -0.15) is 0 Å². The van der Waals surface area contributed by atoms with Gasteiger partial charge < -0.3 is 15.4 Å². The van der Waals surface area contributed by atoms with Crippen molar-refractivity contribution in [3.63, 3.8) is 0 Å². The lowest BCUT2D eigenvalue weighted by Gasteiger charge is -2.05. The van der Waals surface area contributed by atoms with Crippen molar-refractivity contribution in [1.29, 1.82) is 0 Å². The molecule has 0 saturated heterocycles. The maximum Gasteiger partial charge on any atom is 0.325 e. The molecule has 1 aromatic heterocycles. The molecule has 1 heterocycles. The van der Waals surface area contributed by atoms with E-state index in [0.29, 0.717) is 12.2 Å². The monoisotopic (exact) mass is 400 g/mol. The zero-order chi connectivity index (χ0) is 19.9. The van der Waals surface area contributed by atoms with Crippen LogP contribution in [-0.2, 0) is 6.54 Å². The highest BCUT2D eigenvalue weighted by Gasteiger charge is 2.12. The lowest BCUT2D eigenvalue weighted by Crippen LogP contribution is -2.23. The molecular formula is C19H17FN4O3S. The number of nitrogens with zero attached hydrogens (tertiary/aromatic N) is 1. The number of nitrogens with one attached hydrogen (secondary N) is 3. The van der Waals surface area contributed by atoms with E-state index in [1.165, 1.54) is 24.3 Å². The van der Waals surface area contributed by atoms with Crippen molar-refractivity contribution in [1.82, 2.24) is 10.3 Å². The second-order valence-electron chi connectivity index (χ2n) is 5.65. The molecule has 7 nitrogen and oxygen atoms in total. The summed E-state index contributed by atoms with van der Waals surface area (Å²) in [7, 11) is 1.59. The van der Waals surface area contributed by atoms with Crippen LogP contribution in [0.5, 0.6) is 5.75 Å². The maximum absolute atomic E-state index is 12.9. The molecule has 0 radical (unpaired) electrons. The Bertz CT molecular complexity index is 958. The van der Waals surface area contributed by atoms with E-state index in [9.17, 15) is 14.0 Å². The molecule has 3 amide bonds. The van der Waals surface area contributed by atoms with Gasteiger partial charge in [-0.25, -0.2) is 14.2 Å². The van der Waals surface area contributed by atoms with Crippen molar-refractivity contribution < 1.29 is 18.7 Å². The van der Waals surface area contributed by atoms with Crippen LogP contribution < -0.4 is 20.7 Å². The van der Waals surface area contributed by atoms with Crippen LogP contribution in [0.4, 0.5) is 20.0 Å². The zero-order valence-electron chi connectivity index (χ0n) is 14.9. The van der Waals surface area contributed by atoms with Crippen LogP contribution in [0.25, 0.3) is 0 Å². The molecule has 0 saturated carbocycles. The minimum Gasteiger partial charge on any atom is -0.497 e. The molecule has 0 fully saturated rings. The maximum atomic E-state index is 12.9. The standard InChI is InChI=1S/C19H17FN4O3S/c1-27-15-8-2-12(3-9-15)10-21-17(25)16-11-28-19(23-16)24-18(26)22-14-6-4-13(20)5-7-14/h2-9,11H,10H2,1H3,(H,21,25)(H2,22,23,24,26). The van der Waals surface area contributed by atoms with Crippen LogP contribution in [0.2, 0.25) is 0 Å². The highest BCUT2D eigenvalue weighted by atomic mass is 32.1. The van der Waals surface area contributed by atoms with Crippen molar-refractivity contribution >= 4 is 34.1 Å². The smallest absolute Gasteiger partial charge is 0.325 e. The van der Waals surface area contributed by atoms with Crippen LogP contribution >= 0.6 is 11.3 Å². The van der Waals surface area contributed by atoms with E-state index in [1.54, 1.807) is 12.5 Å². The van der Waals surface area contributed by atoms with Gasteiger partial charge in [0, 0.05) is 17.6 Å². The summed E-state index contributed by atoms with van der Waals surface area (Å²) in [6, 6.07) is 12.2. The van der Waals surface area contributed by atoms with Crippen LogP contribution in [0.3, 0.4) is 0 Å². The molecule has 2 aromatic carbocycles. The molecule has 9 heteroatoms. The molecule has 3 aromatic rings. The zero-order valence-corrected chi connectivity index (χ0v) is 15.7. The topological polar surface area (TPSA) is 92.4 Å². The molecule has 0 unspecified atom stereocenters. The summed E-state index contributed by atoms with van der Waals surface area (Å²) >= 11 is 1.13. The van der Waals surface area contributed by atoms with E-state index in [2.05, 4.69) is 20.9 Å². The molecule has 3 N–H and O–H groups in total. The molecule has 3 rings (SSSR count). The van der Waals surface area contributed by atoms with Gasteiger partial charge in [0.1, 0.15) is 17.3 Å². The molecular weight excluding hydrogens is 383 g/mol. The van der Waals surface area contributed by atoms with Crippen LogP contribution in [0.15, 0.2) is 53.9 Å². The Morgan fingerprint density at radius 3 is 2.46 bits per heavy atom. The molecule has 0 bridgehead atoms. The number of carbonyl (C=O) groups excluding carboxylic acids is 2. The Labute approximate surface area is 164 Å². The van der Waals surface area contributed by atoms with Crippen LogP contribution in [-0.4, -0.2) is 24.0 Å². The first kappa shape index (κ1) is 19.3. The van der Waals surface area contributed by atoms with Crippen molar-refractivity contribution in [3.8, 4) is 5.75 Å². The molecule has 0 atom stereocenters. The van der Waals surface area contributed by atoms with E-state index in [4.69, 9.17) is 4.74 Å². The fourth-order valence-electron chi connectivity index (χ4n) is 2.24. The molecule has 0 spiro atoms. The van der Waals surface area contributed by atoms with Gasteiger partial charge in [0.2, 0.25) is 0 Å². The molecule has 0 aliphatic heterocycles. The highest BCUT2D eigenvalue weighted by molar-refractivity contribution is 7.14. The summed E-state index contributed by atoms with van der Waals surface area (Å²) in [5.74, 6) is -0.000514. The molecule has 144 valence electrons. The molecule has 0 aliphatic rings. The number of amides is 3. The Balaban J connectivity index is 1.51. The number of rotatable bonds is 6. The van der Waals surface area contributed by atoms with Gasteiger partial charge in [0.05, 0.1) is 7.11 Å². The Morgan fingerprint density at radius 1 is 1.07 bits per heavy atom. The van der Waals surface area contributed by atoms with E-state index in [0.717, 1.165) is 22.6 Å². The number of thiazole rings is 1. The fourth-order valence-corrected chi connectivity index (χ4v) is 2.93. The first-order valence-electron chi connectivity index (χ1n) is 8.24. The number of halogens is 1. The van der Waals surface area contributed by atoms with Gasteiger partial charge in [-0.1, -0.05) is 12.1 Å². The van der Waals surface area contributed by atoms with Crippen molar-refractivity contribution in [2.75, 3.05) is 17.7 Å². The number of hydrogen-bond donors (Lipinski definition) is 3. The summed E-state index contributed by atoms with van der Waals surface area (Å²) in [6.07, 6.45) is 0. The predicted molar refractivity (Wildman–Crippen MR) is 105 cm³/mol. The van der Waals surface area contributed by atoms with Gasteiger partial charge in [0.15, 0.2) is 5.13 Å². The third-order valence-electron chi connectivity index (χ3n) is 3.67. The SMILES string of the molecule is COc1ccc(CNC(=O)c2csc(NC(=O)Nc3ccc(F)cc3)n2)cc1. The summed E-state index contributed by atoms with van der Waals surface area (Å²) in [4.78, 5) is 28.3. The highest BCUT2D eigenvalue weighted by Crippen LogP contribution is 2.17. The van der Waals surface area contributed by atoms with Crippen LogP contribution in [0, 0.1) is 5.82 Å². The predicted octanol–water partition coefficient (Wildman–Crippen LogP) is 3.86. The van der Waals surface area contributed by atoms with Crippen molar-refractivity contribution in [2.45, 2.75) is 6.54 Å². The van der Waals surface area contributed by atoms with Crippen molar-refractivity contribution in [2.24, 2.45) is 0 Å². The lowest BCUT2D eigenvalue weighted by molar-refractivity contribution is 0.0946. The number of carbonyl (C=O) groups is 2. The van der Waals surface area contributed by atoms with E-state index in [-0.39, 0.29) is 16.7 Å². The largest absolute Gasteiger partial charge is 0.497 e. The van der Waals surface area contributed by atoms with Gasteiger partial charge in [0.25, 0.3) is 5.91 Å². The lowest BCUT2D eigenvalue weighted by atomic mass is 10.2. The van der Waals surface area contributed by atoms with Gasteiger partial charge in [-0.3, -0.25) is 10.1 Å². The first-order valence-corrected chi connectivity index (χ1v) is 9.11. The number of benzene rings is 2. The van der Waals surface area contributed by atoms with Gasteiger partial charge in [-0.15, -0.1) is 11.3 Å². The minimum absolute atomic E-state index is 0.204. The first-order chi connectivity index (χ1) is 13.5. The summed E-state index contributed by atoms with van der Waals surface area (Å²) < 4.78 is 18.0. The number of ether oxygens (including phenoxy) is 1. The van der Waals surface area contributed by atoms with Crippen LogP contribution in [0.1, 0.15) is 16.1 Å². The molecule has 0 aliphatic carbocycles. The quantitative estimate of drug-likeness (QED) is 0.586. The third-order valence-corrected chi connectivity index (χ3v) is 4.43. The number of anilines is 2. The third kappa shape index (κ3) is 5.27. The second-order valence-corrected chi connectivity index (χ2v) is 6.51. The average Bonchev–Trinajstić information content (AvgIpc) is 3.16. The van der Waals surface area contributed by atoms with Crippen molar-refractivity contribution in [3.05, 3.63) is 71.0 Å². The van der Waals surface area contributed by atoms with Gasteiger partial charge in [-0.05, 0) is 42.0 Å². The number of urea groups is 1. The summed E-state index contributed by atoms with van der Waals surface area (Å²) in [5.41, 5.74) is 1.56. The van der Waals surface area contributed by atoms with E-state index >= 15 is 0 Å². The van der Waals surface area contributed by atoms with Gasteiger partial charge >= 0.3 is 6.03 Å². The molecule has 28 heavy (non-hydrogen) atoms. The average molecular weight is 400 g/mol. The fraction of sp³-hybridized carbons (Fsp3) is 0.105. The second kappa shape index (κ2) is 8.96. The normalized spacial score (nSPS) is 10.2. The summed E-state index contributed by atoms with van der Waals surface area (Å²) in [6.45, 7) is 0.341. The number of methoxy groups -OCH3 is 1. The summed E-state index contributed by atoms with van der Waals surface area (Å²) in [5, 5.41) is 9.68. The number of aromatic nitrogens is 1. The Morgan fingerprint density at radius 2 is 1.79 bits per heavy atom. The number of hydrogen-bond acceptors (Lipinski definition) is 5.